The van der Waals surface area contributed by atoms with Crippen LogP contribution in [0.2, 0.25) is 0 Å². The summed E-state index contributed by atoms with van der Waals surface area (Å²) < 4.78 is 5.67. The number of furan rings is 1. The first-order valence-electron chi connectivity index (χ1n) is 8.72. The highest BCUT2D eigenvalue weighted by molar-refractivity contribution is 7.99. The molecule has 6 nitrogen and oxygen atoms in total. The monoisotopic (exact) mass is 387 g/mol. The van der Waals surface area contributed by atoms with Gasteiger partial charge in [0.15, 0.2) is 11.5 Å². The van der Waals surface area contributed by atoms with Gasteiger partial charge in [0.1, 0.15) is 5.76 Å². The van der Waals surface area contributed by atoms with Gasteiger partial charge in [0, 0.05) is 11.1 Å². The maximum absolute atomic E-state index is 12.6. The Hall–Kier alpha value is -2.54. The molecule has 1 fully saturated rings. The molecular weight excluding hydrogens is 366 g/mol. The zero-order chi connectivity index (χ0) is 19.4. The highest BCUT2D eigenvalue weighted by Gasteiger charge is 2.37. The van der Waals surface area contributed by atoms with E-state index < -0.39 is 17.4 Å². The Kier molecular flexibility index (Phi) is 5.70. The van der Waals surface area contributed by atoms with Gasteiger partial charge in [-0.25, -0.2) is 0 Å². The lowest BCUT2D eigenvalue weighted by molar-refractivity contribution is -0.138. The molecule has 0 spiro atoms. The van der Waals surface area contributed by atoms with Crippen molar-refractivity contribution in [2.24, 2.45) is 0 Å². The zero-order valence-corrected chi connectivity index (χ0v) is 15.8. The van der Waals surface area contributed by atoms with Gasteiger partial charge in [-0.2, -0.15) is 11.8 Å². The SMILES string of the molecule is CC(=O)c1ccc(-c2ccc(C(=O)NC3(CC(=O)O)CCSCC3)o2)cc1. The molecule has 1 aliphatic heterocycles. The molecule has 1 aromatic heterocycles. The predicted molar refractivity (Wildman–Crippen MR) is 103 cm³/mol. The molecule has 1 aliphatic rings. The van der Waals surface area contributed by atoms with E-state index in [1.54, 1.807) is 48.2 Å². The number of amides is 1. The first-order chi connectivity index (χ1) is 12.9. The van der Waals surface area contributed by atoms with Crippen molar-refractivity contribution in [3.63, 3.8) is 0 Å². The Morgan fingerprint density at radius 3 is 2.37 bits per heavy atom. The molecule has 1 saturated heterocycles. The maximum atomic E-state index is 12.6. The van der Waals surface area contributed by atoms with Gasteiger partial charge in [-0.3, -0.25) is 14.4 Å². The number of carbonyl (C=O) groups is 3. The second-order valence-electron chi connectivity index (χ2n) is 6.71. The van der Waals surface area contributed by atoms with Crippen LogP contribution in [-0.4, -0.2) is 39.8 Å². The van der Waals surface area contributed by atoms with Gasteiger partial charge in [-0.15, -0.1) is 0 Å². The molecule has 2 N–H and O–H groups in total. The number of carbonyl (C=O) groups excluding carboxylic acids is 2. The van der Waals surface area contributed by atoms with E-state index in [1.807, 2.05) is 0 Å². The molecule has 2 aromatic rings. The van der Waals surface area contributed by atoms with Crippen LogP contribution in [0.1, 0.15) is 47.1 Å². The molecule has 0 unspecified atom stereocenters. The van der Waals surface area contributed by atoms with E-state index in [4.69, 9.17) is 4.42 Å². The van der Waals surface area contributed by atoms with Crippen LogP contribution >= 0.6 is 11.8 Å². The molecule has 2 heterocycles. The minimum atomic E-state index is -0.923. The van der Waals surface area contributed by atoms with E-state index in [9.17, 15) is 19.5 Å². The van der Waals surface area contributed by atoms with Crippen LogP contribution in [0, 0.1) is 0 Å². The van der Waals surface area contributed by atoms with Crippen LogP contribution in [0.3, 0.4) is 0 Å². The van der Waals surface area contributed by atoms with Crippen molar-refractivity contribution in [2.75, 3.05) is 11.5 Å². The minimum Gasteiger partial charge on any atom is -0.481 e. The van der Waals surface area contributed by atoms with Crippen molar-refractivity contribution >= 4 is 29.4 Å². The number of rotatable bonds is 6. The van der Waals surface area contributed by atoms with Gasteiger partial charge in [-0.05, 0) is 43.4 Å². The van der Waals surface area contributed by atoms with Crippen molar-refractivity contribution in [2.45, 2.75) is 31.7 Å². The average molecular weight is 387 g/mol. The van der Waals surface area contributed by atoms with Crippen molar-refractivity contribution in [3.8, 4) is 11.3 Å². The van der Waals surface area contributed by atoms with Crippen molar-refractivity contribution in [3.05, 3.63) is 47.7 Å². The average Bonchev–Trinajstić information content (AvgIpc) is 3.12. The van der Waals surface area contributed by atoms with E-state index in [2.05, 4.69) is 5.32 Å². The first-order valence-corrected chi connectivity index (χ1v) is 9.87. The molecule has 1 amide bonds. The third kappa shape index (κ3) is 4.60. The third-order valence-corrected chi connectivity index (χ3v) is 5.71. The summed E-state index contributed by atoms with van der Waals surface area (Å²) in [4.78, 5) is 35.3. The predicted octanol–water partition coefficient (Wildman–Crippen LogP) is 3.62. The van der Waals surface area contributed by atoms with Crippen LogP contribution in [0.15, 0.2) is 40.8 Å². The van der Waals surface area contributed by atoms with Gasteiger partial charge in [0.25, 0.3) is 5.91 Å². The number of ketones is 1. The van der Waals surface area contributed by atoms with E-state index >= 15 is 0 Å². The van der Waals surface area contributed by atoms with E-state index in [0.717, 1.165) is 17.1 Å². The lowest BCUT2D eigenvalue weighted by atomic mass is 9.88. The second kappa shape index (κ2) is 8.00. The van der Waals surface area contributed by atoms with Crippen molar-refractivity contribution in [1.82, 2.24) is 5.32 Å². The van der Waals surface area contributed by atoms with Gasteiger partial charge < -0.3 is 14.8 Å². The van der Waals surface area contributed by atoms with Gasteiger partial charge in [0.2, 0.25) is 0 Å². The molecule has 142 valence electrons. The summed E-state index contributed by atoms with van der Waals surface area (Å²) in [6.45, 7) is 1.50. The van der Waals surface area contributed by atoms with E-state index in [0.29, 0.717) is 24.2 Å². The Morgan fingerprint density at radius 2 is 1.78 bits per heavy atom. The van der Waals surface area contributed by atoms with Crippen LogP contribution in [-0.2, 0) is 4.79 Å². The zero-order valence-electron chi connectivity index (χ0n) is 15.0. The number of hydrogen-bond donors (Lipinski definition) is 2. The summed E-state index contributed by atoms with van der Waals surface area (Å²) in [7, 11) is 0. The van der Waals surface area contributed by atoms with Crippen LogP contribution in [0.25, 0.3) is 11.3 Å². The van der Waals surface area contributed by atoms with E-state index in [-0.39, 0.29) is 18.0 Å². The molecule has 7 heteroatoms. The quantitative estimate of drug-likeness (QED) is 0.735. The van der Waals surface area contributed by atoms with Gasteiger partial charge in [-0.1, -0.05) is 24.3 Å². The normalized spacial score (nSPS) is 15.9. The highest BCUT2D eigenvalue weighted by atomic mass is 32.2. The number of benzene rings is 1. The van der Waals surface area contributed by atoms with Gasteiger partial charge >= 0.3 is 5.97 Å². The Labute approximate surface area is 161 Å². The number of carboxylic acids is 1. The number of Topliss-reactive ketones (excluding diaryl/α,β-unsaturated/α-hetero) is 1. The third-order valence-electron chi connectivity index (χ3n) is 4.72. The number of aliphatic carboxylic acids is 1. The number of nitrogens with one attached hydrogen (secondary N) is 1. The minimum absolute atomic E-state index is 0.0181. The smallest absolute Gasteiger partial charge is 0.305 e. The van der Waals surface area contributed by atoms with Crippen molar-refractivity contribution in [1.29, 1.82) is 0 Å². The largest absolute Gasteiger partial charge is 0.481 e. The second-order valence-corrected chi connectivity index (χ2v) is 7.94. The summed E-state index contributed by atoms with van der Waals surface area (Å²) in [6.07, 6.45) is 1.14. The molecule has 3 rings (SSSR count). The topological polar surface area (TPSA) is 96.6 Å². The molecule has 0 bridgehead atoms. The lowest BCUT2D eigenvalue weighted by Crippen LogP contribution is -2.52. The molecule has 0 radical (unpaired) electrons. The van der Waals surface area contributed by atoms with Crippen molar-refractivity contribution < 1.29 is 23.9 Å². The maximum Gasteiger partial charge on any atom is 0.305 e. The highest BCUT2D eigenvalue weighted by Crippen LogP contribution is 2.31. The summed E-state index contributed by atoms with van der Waals surface area (Å²) in [5.74, 6) is 0.947. The summed E-state index contributed by atoms with van der Waals surface area (Å²) in [6, 6.07) is 10.2. The van der Waals surface area contributed by atoms with E-state index in [1.165, 1.54) is 6.92 Å². The fraction of sp³-hybridized carbons (Fsp3) is 0.350. The Morgan fingerprint density at radius 1 is 1.11 bits per heavy atom. The standard InChI is InChI=1S/C20H21NO5S/c1-13(22)14-2-4-15(5-3-14)16-6-7-17(26-16)19(25)21-20(12-18(23)24)8-10-27-11-9-20/h2-7H,8-12H2,1H3,(H,21,25)(H,23,24). The Bertz CT molecular complexity index is 850. The summed E-state index contributed by atoms with van der Waals surface area (Å²) in [5.41, 5.74) is 0.631. The molecule has 1 aromatic carbocycles. The van der Waals surface area contributed by atoms with Gasteiger partial charge in [0.05, 0.1) is 12.0 Å². The molecule has 0 aliphatic carbocycles. The molecule has 27 heavy (non-hydrogen) atoms. The number of thioether (sulfide) groups is 1. The van der Waals surface area contributed by atoms with Crippen LogP contribution in [0.4, 0.5) is 0 Å². The number of carboxylic acid groups (broad SMARTS) is 1. The molecule has 0 saturated carbocycles. The fourth-order valence-electron chi connectivity index (χ4n) is 3.18. The number of hydrogen-bond acceptors (Lipinski definition) is 5. The first kappa shape index (κ1) is 19.2. The lowest BCUT2D eigenvalue weighted by Gasteiger charge is -2.36. The molecule has 0 atom stereocenters. The summed E-state index contributed by atoms with van der Waals surface area (Å²) in [5, 5.41) is 12.1. The van der Waals surface area contributed by atoms with Crippen LogP contribution < -0.4 is 5.32 Å². The van der Waals surface area contributed by atoms with Crippen LogP contribution in [0.5, 0.6) is 0 Å². The molecular formula is C20H21NO5S. The summed E-state index contributed by atoms with van der Waals surface area (Å²) >= 11 is 1.76. The fourth-order valence-corrected chi connectivity index (χ4v) is 4.46. The Balaban J connectivity index is 1.75.